The minimum absolute atomic E-state index is 0.985. The summed E-state index contributed by atoms with van der Waals surface area (Å²) in [6, 6.07) is 0. The highest BCUT2D eigenvalue weighted by Gasteiger charge is 2.54. The van der Waals surface area contributed by atoms with Crippen molar-refractivity contribution >= 4 is 31.3 Å². The van der Waals surface area contributed by atoms with Crippen LogP contribution in [0.3, 0.4) is 0 Å². The summed E-state index contributed by atoms with van der Waals surface area (Å²) in [6.07, 6.45) is -12.6. The summed E-state index contributed by atoms with van der Waals surface area (Å²) in [5.41, 5.74) is 0. The molecule has 0 saturated heterocycles. The van der Waals surface area contributed by atoms with Gasteiger partial charge in [-0.05, 0) is 0 Å². The number of phosphoric ester groups is 4. The molecule has 1 aliphatic carbocycles. The van der Waals surface area contributed by atoms with Crippen molar-refractivity contribution in [3.63, 3.8) is 0 Å². The first-order valence-electron chi connectivity index (χ1n) is 6.41. The summed E-state index contributed by atoms with van der Waals surface area (Å²) in [4.78, 5) is 71.1. The van der Waals surface area contributed by atoms with E-state index >= 15 is 0 Å². The number of aliphatic hydroxyl groups excluding tert-OH is 1. The quantitative estimate of drug-likeness (QED) is 0.163. The van der Waals surface area contributed by atoms with Crippen molar-refractivity contribution in [1.29, 1.82) is 0 Å². The minimum atomic E-state index is -5.57. The van der Waals surface area contributed by atoms with Gasteiger partial charge in [-0.25, -0.2) is 18.3 Å². The molecule has 27 heavy (non-hydrogen) atoms. The van der Waals surface area contributed by atoms with Gasteiger partial charge in [0.05, 0.1) is 6.10 Å². The van der Waals surface area contributed by atoms with Crippen LogP contribution in [0.15, 0.2) is 0 Å². The van der Waals surface area contributed by atoms with Gasteiger partial charge in [-0.2, -0.15) is 0 Å². The summed E-state index contributed by atoms with van der Waals surface area (Å²) in [7, 11) is -21.9. The summed E-state index contributed by atoms with van der Waals surface area (Å²) >= 11 is 0. The van der Waals surface area contributed by atoms with Gasteiger partial charge in [0.15, 0.2) is 0 Å². The molecule has 0 bridgehead atoms. The fourth-order valence-corrected chi connectivity index (χ4v) is 4.52. The number of phosphoric acid groups is 4. The van der Waals surface area contributed by atoms with E-state index in [1.54, 1.807) is 0 Å². The zero-order chi connectivity index (χ0) is 21.4. The highest BCUT2D eigenvalue weighted by Crippen LogP contribution is 2.52. The van der Waals surface area contributed by atoms with Crippen LogP contribution in [0.4, 0.5) is 0 Å². The zero-order valence-corrected chi connectivity index (χ0v) is 16.3. The molecule has 17 nitrogen and oxygen atoms in total. The van der Waals surface area contributed by atoms with Crippen LogP contribution in [0, 0.1) is 0 Å². The Hall–Kier alpha value is 0.400. The van der Waals surface area contributed by atoms with Crippen LogP contribution in [0.5, 0.6) is 0 Å². The number of aliphatic hydroxyl groups is 1. The van der Waals surface area contributed by atoms with E-state index < -0.39 is 68.2 Å². The molecule has 1 saturated carbocycles. The Labute approximate surface area is 149 Å². The SMILES string of the molecule is O=P(O)(O)O[C@@H]1[C@@H](OP(=O)(O)O)[C@H](O)C[C@H](OP(=O)(O)O)[C@H]1OP(=O)(O)O. The van der Waals surface area contributed by atoms with Crippen LogP contribution >= 0.6 is 31.3 Å². The zero-order valence-electron chi connectivity index (χ0n) is 12.7. The molecule has 0 radical (unpaired) electrons. The molecular weight excluding hydrogens is 468 g/mol. The molecule has 162 valence electrons. The molecule has 0 aromatic heterocycles. The van der Waals surface area contributed by atoms with Crippen molar-refractivity contribution in [2.24, 2.45) is 0 Å². The third-order valence-electron chi connectivity index (χ3n) is 2.92. The standard InChI is InChI=1S/C6H16O17P4/c7-2-1-3(20-24(8,9)10)5(22-26(14,15)16)6(23-27(17,18)19)4(2)21-25(11,12)13/h2-7H,1H2,(H2,8,9,10)(H2,11,12,13)(H2,14,15,16)(H2,17,18,19)/t2-,3+,4+,5-,6-/m1/s1. The van der Waals surface area contributed by atoms with E-state index in [2.05, 4.69) is 18.1 Å². The second-order valence-corrected chi connectivity index (χ2v) is 9.89. The number of hydrogen-bond donors (Lipinski definition) is 9. The fourth-order valence-electron chi connectivity index (χ4n) is 2.26. The highest BCUT2D eigenvalue weighted by molar-refractivity contribution is 7.47. The van der Waals surface area contributed by atoms with Gasteiger partial charge >= 0.3 is 31.3 Å². The van der Waals surface area contributed by atoms with Crippen molar-refractivity contribution in [1.82, 2.24) is 0 Å². The lowest BCUT2D eigenvalue weighted by atomic mass is 9.87. The Morgan fingerprint density at radius 2 is 0.889 bits per heavy atom. The molecule has 21 heteroatoms. The highest BCUT2D eigenvalue weighted by atomic mass is 31.2. The summed E-state index contributed by atoms with van der Waals surface area (Å²) in [5.74, 6) is 0. The predicted molar refractivity (Wildman–Crippen MR) is 78.3 cm³/mol. The number of hydrogen-bond acceptors (Lipinski definition) is 9. The molecule has 0 aliphatic heterocycles. The van der Waals surface area contributed by atoms with E-state index in [1.807, 2.05) is 0 Å². The Balaban J connectivity index is 3.41. The van der Waals surface area contributed by atoms with E-state index in [1.165, 1.54) is 0 Å². The van der Waals surface area contributed by atoms with Crippen LogP contribution in [-0.2, 0) is 36.4 Å². The summed E-state index contributed by atoms with van der Waals surface area (Å²) in [5, 5.41) is 9.90. The number of rotatable bonds is 8. The monoisotopic (exact) mass is 484 g/mol. The van der Waals surface area contributed by atoms with Crippen LogP contribution < -0.4 is 0 Å². The molecule has 0 aromatic carbocycles. The lowest BCUT2D eigenvalue weighted by Crippen LogP contribution is -2.58. The Bertz CT molecular complexity index is 696. The second-order valence-electron chi connectivity index (χ2n) is 5.12. The molecule has 0 amide bonds. The fraction of sp³-hybridized carbons (Fsp3) is 1.00. The Morgan fingerprint density at radius 3 is 1.26 bits per heavy atom. The first-order chi connectivity index (χ1) is 11.8. The van der Waals surface area contributed by atoms with Crippen LogP contribution in [0.2, 0.25) is 0 Å². The van der Waals surface area contributed by atoms with Gasteiger partial charge < -0.3 is 44.3 Å². The molecule has 1 rings (SSSR count). The van der Waals surface area contributed by atoms with E-state index in [9.17, 15) is 23.4 Å². The van der Waals surface area contributed by atoms with Crippen molar-refractivity contribution in [3.8, 4) is 0 Å². The Kier molecular flexibility index (Phi) is 8.14. The van der Waals surface area contributed by atoms with Crippen molar-refractivity contribution in [3.05, 3.63) is 0 Å². The summed E-state index contributed by atoms with van der Waals surface area (Å²) < 4.78 is 60.9. The smallest absolute Gasteiger partial charge is 0.390 e. The molecule has 1 aliphatic rings. The van der Waals surface area contributed by atoms with Crippen molar-refractivity contribution < 1.29 is 80.6 Å². The van der Waals surface area contributed by atoms with Gasteiger partial charge in [0, 0.05) is 6.42 Å². The van der Waals surface area contributed by atoms with Gasteiger partial charge in [-0.3, -0.25) is 18.1 Å². The molecule has 1 fully saturated rings. The van der Waals surface area contributed by atoms with Crippen molar-refractivity contribution in [2.45, 2.75) is 36.9 Å². The molecule has 9 N–H and O–H groups in total. The molecule has 0 unspecified atom stereocenters. The molecular formula is C6H16O17P4. The van der Waals surface area contributed by atoms with E-state index in [-0.39, 0.29) is 0 Å². The van der Waals surface area contributed by atoms with Gasteiger partial charge in [-0.1, -0.05) is 0 Å². The van der Waals surface area contributed by atoms with Gasteiger partial charge in [0.2, 0.25) is 0 Å². The van der Waals surface area contributed by atoms with Crippen molar-refractivity contribution in [2.75, 3.05) is 0 Å². The van der Waals surface area contributed by atoms with Crippen LogP contribution in [0.1, 0.15) is 6.42 Å². The largest absolute Gasteiger partial charge is 0.470 e. The topological polar surface area (TPSA) is 287 Å². The van der Waals surface area contributed by atoms with E-state index in [0.29, 0.717) is 0 Å². The maximum atomic E-state index is 11.1. The summed E-state index contributed by atoms with van der Waals surface area (Å²) in [6.45, 7) is 0. The average molecular weight is 484 g/mol. The average Bonchev–Trinajstić information content (AvgIpc) is 2.32. The van der Waals surface area contributed by atoms with E-state index in [0.717, 1.165) is 0 Å². The maximum Gasteiger partial charge on any atom is 0.470 e. The van der Waals surface area contributed by atoms with E-state index in [4.69, 9.17) is 39.1 Å². The first kappa shape index (κ1) is 25.4. The lowest BCUT2D eigenvalue weighted by molar-refractivity contribution is -0.161. The third-order valence-corrected chi connectivity index (χ3v) is 5.02. The normalized spacial score (nSPS) is 31.1. The molecule has 0 heterocycles. The third kappa shape index (κ3) is 9.63. The molecule has 0 aromatic rings. The van der Waals surface area contributed by atoms with Gasteiger partial charge in [0.25, 0.3) is 0 Å². The second kappa shape index (κ2) is 8.64. The minimum Gasteiger partial charge on any atom is -0.390 e. The van der Waals surface area contributed by atoms with Crippen LogP contribution in [-0.4, -0.2) is 74.8 Å². The van der Waals surface area contributed by atoms with Gasteiger partial charge in [-0.15, -0.1) is 0 Å². The van der Waals surface area contributed by atoms with Gasteiger partial charge in [0.1, 0.15) is 24.4 Å². The predicted octanol–water partition coefficient (Wildman–Crippen LogP) is -2.34. The maximum absolute atomic E-state index is 11.1. The lowest BCUT2D eigenvalue weighted by Gasteiger charge is -2.43. The molecule has 5 atom stereocenters. The molecule has 0 spiro atoms. The Morgan fingerprint density at radius 1 is 0.556 bits per heavy atom. The van der Waals surface area contributed by atoms with Crippen LogP contribution in [0.25, 0.3) is 0 Å². The first-order valence-corrected chi connectivity index (χ1v) is 12.5.